The Morgan fingerprint density at radius 1 is 1.50 bits per heavy atom. The molecule has 0 radical (unpaired) electrons. The molecule has 0 amide bonds. The van der Waals surface area contributed by atoms with E-state index in [1.165, 1.54) is 12.0 Å². The average molecular weight is 136 g/mol. The van der Waals surface area contributed by atoms with Crippen LogP contribution in [0.3, 0.4) is 0 Å². The van der Waals surface area contributed by atoms with Crippen LogP contribution in [-0.4, -0.2) is 0 Å². The highest BCUT2D eigenvalue weighted by Crippen LogP contribution is 2.22. The molecule has 1 aliphatic rings. The smallest absolute Gasteiger partial charge is 0.0170 e. The fourth-order valence-electron chi connectivity index (χ4n) is 1.34. The van der Waals surface area contributed by atoms with Gasteiger partial charge in [-0.25, -0.2) is 0 Å². The van der Waals surface area contributed by atoms with Crippen LogP contribution in [0.4, 0.5) is 0 Å². The number of rotatable bonds is 1. The summed E-state index contributed by atoms with van der Waals surface area (Å²) in [4.78, 5) is 0. The van der Waals surface area contributed by atoms with Gasteiger partial charge in [0.05, 0.1) is 0 Å². The molecule has 10 heavy (non-hydrogen) atoms. The van der Waals surface area contributed by atoms with Gasteiger partial charge in [0.15, 0.2) is 0 Å². The predicted molar refractivity (Wildman–Crippen MR) is 45.8 cm³/mol. The van der Waals surface area contributed by atoms with Gasteiger partial charge in [-0.05, 0) is 25.2 Å². The van der Waals surface area contributed by atoms with E-state index < -0.39 is 0 Å². The lowest BCUT2D eigenvalue weighted by Crippen LogP contribution is -2.06. The van der Waals surface area contributed by atoms with Crippen LogP contribution >= 0.6 is 0 Å². The Morgan fingerprint density at radius 2 is 2.20 bits per heavy atom. The van der Waals surface area contributed by atoms with Crippen molar-refractivity contribution in [2.45, 2.75) is 27.2 Å². The minimum Gasteiger partial charge on any atom is -0.0837 e. The van der Waals surface area contributed by atoms with Crippen LogP contribution in [-0.2, 0) is 0 Å². The molecule has 0 spiro atoms. The lowest BCUT2D eigenvalue weighted by molar-refractivity contribution is 0.465. The largest absolute Gasteiger partial charge is 0.0837 e. The lowest BCUT2D eigenvalue weighted by Gasteiger charge is -2.18. The van der Waals surface area contributed by atoms with Gasteiger partial charge in [-0.15, -0.1) is 0 Å². The van der Waals surface area contributed by atoms with Crippen molar-refractivity contribution in [1.29, 1.82) is 0 Å². The van der Waals surface area contributed by atoms with E-state index >= 15 is 0 Å². The quantitative estimate of drug-likeness (QED) is 0.519. The topological polar surface area (TPSA) is 0 Å². The summed E-state index contributed by atoms with van der Waals surface area (Å²) in [5, 5.41) is 0. The monoisotopic (exact) mass is 136 g/mol. The number of allylic oxidation sites excluding steroid dienone is 4. The van der Waals surface area contributed by atoms with Gasteiger partial charge in [-0.2, -0.15) is 0 Å². The maximum atomic E-state index is 2.38. The van der Waals surface area contributed by atoms with Crippen LogP contribution in [0.1, 0.15) is 27.2 Å². The Morgan fingerprint density at radius 3 is 2.60 bits per heavy atom. The molecule has 0 aromatic rings. The van der Waals surface area contributed by atoms with Gasteiger partial charge in [0.25, 0.3) is 0 Å². The van der Waals surface area contributed by atoms with Crippen molar-refractivity contribution in [2.75, 3.05) is 0 Å². The number of hydrogen-bond donors (Lipinski definition) is 0. The van der Waals surface area contributed by atoms with Crippen molar-refractivity contribution in [3.63, 3.8) is 0 Å². The first-order valence-electron chi connectivity index (χ1n) is 4.05. The summed E-state index contributed by atoms with van der Waals surface area (Å²) >= 11 is 0. The molecule has 0 aliphatic heterocycles. The average Bonchev–Trinajstić information content (AvgIpc) is 1.88. The predicted octanol–water partition coefficient (Wildman–Crippen LogP) is 3.16. The molecular formula is C10H16. The molecule has 1 atom stereocenters. The normalized spacial score (nSPS) is 25.2. The van der Waals surface area contributed by atoms with Gasteiger partial charge < -0.3 is 0 Å². The standard InChI is InChI=1S/C10H16/c1-8(2)10-6-4-5-9(3)7-10/h4-5,7-8,10H,6H2,1-3H3. The fraction of sp³-hybridized carbons (Fsp3) is 0.600. The van der Waals surface area contributed by atoms with Crippen LogP contribution in [0, 0.1) is 11.8 Å². The molecule has 0 nitrogen and oxygen atoms in total. The third-order valence-corrected chi connectivity index (χ3v) is 2.12. The molecule has 0 N–H and O–H groups in total. The number of hydrogen-bond acceptors (Lipinski definition) is 0. The van der Waals surface area contributed by atoms with Gasteiger partial charge in [0, 0.05) is 0 Å². The molecule has 0 saturated heterocycles. The van der Waals surface area contributed by atoms with Crippen molar-refractivity contribution < 1.29 is 0 Å². The molecular weight excluding hydrogens is 120 g/mol. The Balaban J connectivity index is 2.60. The third-order valence-electron chi connectivity index (χ3n) is 2.12. The molecule has 0 fully saturated rings. The Labute approximate surface area is 63.6 Å². The zero-order valence-corrected chi connectivity index (χ0v) is 7.09. The first-order chi connectivity index (χ1) is 4.70. The maximum absolute atomic E-state index is 2.38. The van der Waals surface area contributed by atoms with Crippen LogP contribution in [0.25, 0.3) is 0 Å². The van der Waals surface area contributed by atoms with Crippen LogP contribution in [0.2, 0.25) is 0 Å². The zero-order chi connectivity index (χ0) is 7.56. The van der Waals surface area contributed by atoms with Crippen LogP contribution in [0.15, 0.2) is 23.8 Å². The van der Waals surface area contributed by atoms with Crippen molar-refractivity contribution in [1.82, 2.24) is 0 Å². The summed E-state index contributed by atoms with van der Waals surface area (Å²) in [6.45, 7) is 6.74. The van der Waals surface area contributed by atoms with Gasteiger partial charge in [0.1, 0.15) is 0 Å². The molecule has 1 aliphatic carbocycles. The van der Waals surface area contributed by atoms with Gasteiger partial charge in [-0.1, -0.05) is 37.6 Å². The fourth-order valence-corrected chi connectivity index (χ4v) is 1.34. The lowest BCUT2D eigenvalue weighted by atomic mass is 9.88. The Bertz CT molecular complexity index is 161. The van der Waals surface area contributed by atoms with E-state index in [0.717, 1.165) is 11.8 Å². The highest BCUT2D eigenvalue weighted by Gasteiger charge is 2.10. The molecule has 0 aromatic carbocycles. The summed E-state index contributed by atoms with van der Waals surface area (Å²) in [6.07, 6.45) is 8.10. The van der Waals surface area contributed by atoms with Crippen LogP contribution in [0.5, 0.6) is 0 Å². The molecule has 0 aromatic heterocycles. The summed E-state index contributed by atoms with van der Waals surface area (Å²) in [6, 6.07) is 0. The molecule has 0 saturated carbocycles. The Hall–Kier alpha value is -0.520. The second-order valence-corrected chi connectivity index (χ2v) is 3.46. The minimum absolute atomic E-state index is 0.782. The molecule has 0 bridgehead atoms. The third kappa shape index (κ3) is 1.73. The molecule has 1 rings (SSSR count). The zero-order valence-electron chi connectivity index (χ0n) is 7.09. The summed E-state index contributed by atoms with van der Waals surface area (Å²) in [5.41, 5.74) is 1.42. The van der Waals surface area contributed by atoms with Crippen molar-refractivity contribution in [2.24, 2.45) is 11.8 Å². The van der Waals surface area contributed by atoms with E-state index in [1.807, 2.05) is 0 Å². The van der Waals surface area contributed by atoms with E-state index in [4.69, 9.17) is 0 Å². The maximum Gasteiger partial charge on any atom is -0.0170 e. The van der Waals surface area contributed by atoms with E-state index in [-0.39, 0.29) is 0 Å². The second kappa shape index (κ2) is 3.05. The van der Waals surface area contributed by atoms with E-state index in [0.29, 0.717) is 0 Å². The van der Waals surface area contributed by atoms with E-state index in [1.54, 1.807) is 0 Å². The molecule has 56 valence electrons. The summed E-state index contributed by atoms with van der Waals surface area (Å²) < 4.78 is 0. The van der Waals surface area contributed by atoms with Gasteiger partial charge >= 0.3 is 0 Å². The summed E-state index contributed by atoms with van der Waals surface area (Å²) in [7, 11) is 0. The van der Waals surface area contributed by atoms with Gasteiger partial charge in [-0.3, -0.25) is 0 Å². The molecule has 0 heteroatoms. The highest BCUT2D eigenvalue weighted by atomic mass is 14.2. The van der Waals surface area contributed by atoms with Crippen molar-refractivity contribution >= 4 is 0 Å². The highest BCUT2D eigenvalue weighted by molar-refractivity contribution is 5.21. The SMILES string of the molecule is CC1=CC(C(C)C)CC=C1. The van der Waals surface area contributed by atoms with E-state index in [9.17, 15) is 0 Å². The molecule has 0 heterocycles. The van der Waals surface area contributed by atoms with Gasteiger partial charge in [0.2, 0.25) is 0 Å². The van der Waals surface area contributed by atoms with E-state index in [2.05, 4.69) is 39.0 Å². The summed E-state index contributed by atoms with van der Waals surface area (Å²) in [5.74, 6) is 1.57. The second-order valence-electron chi connectivity index (χ2n) is 3.46. The molecule has 1 unspecified atom stereocenters. The minimum atomic E-state index is 0.782. The van der Waals surface area contributed by atoms with Crippen LogP contribution < -0.4 is 0 Å². The van der Waals surface area contributed by atoms with Crippen molar-refractivity contribution in [3.05, 3.63) is 23.8 Å². The first kappa shape index (κ1) is 7.59. The van der Waals surface area contributed by atoms with Crippen molar-refractivity contribution in [3.8, 4) is 0 Å². The Kier molecular flexibility index (Phi) is 2.31. The first-order valence-corrected chi connectivity index (χ1v) is 4.05.